The molecular formula is C15H25N5O. The summed E-state index contributed by atoms with van der Waals surface area (Å²) in [5.74, 6) is 5.83. The summed E-state index contributed by atoms with van der Waals surface area (Å²) in [5, 5.41) is 2.99. The molecule has 1 aromatic heterocycles. The predicted molar refractivity (Wildman–Crippen MR) is 84.0 cm³/mol. The summed E-state index contributed by atoms with van der Waals surface area (Å²) >= 11 is 0. The molecule has 6 nitrogen and oxygen atoms in total. The average Bonchev–Trinajstić information content (AvgIpc) is 3.35. The molecular weight excluding hydrogens is 266 g/mol. The number of hydrogen-bond acceptors (Lipinski definition) is 5. The number of hydrogen-bond donors (Lipinski definition) is 3. The van der Waals surface area contributed by atoms with E-state index in [0.717, 1.165) is 12.1 Å². The molecule has 0 saturated heterocycles. The molecule has 0 aliphatic heterocycles. The second-order valence-corrected chi connectivity index (χ2v) is 5.69. The van der Waals surface area contributed by atoms with Gasteiger partial charge in [0.25, 0.3) is 5.91 Å². The molecule has 1 saturated carbocycles. The van der Waals surface area contributed by atoms with Crippen LogP contribution in [-0.4, -0.2) is 41.5 Å². The Morgan fingerprint density at radius 1 is 1.52 bits per heavy atom. The number of hydrazine groups is 1. The van der Waals surface area contributed by atoms with Crippen LogP contribution in [0, 0.1) is 0 Å². The molecule has 0 aromatic carbocycles. The number of nitrogen functional groups attached to an aromatic ring is 1. The molecule has 0 bridgehead atoms. The van der Waals surface area contributed by atoms with E-state index in [0.29, 0.717) is 30.0 Å². The third kappa shape index (κ3) is 4.15. The van der Waals surface area contributed by atoms with Crippen LogP contribution < -0.4 is 16.6 Å². The third-order valence-corrected chi connectivity index (χ3v) is 4.03. The van der Waals surface area contributed by atoms with Gasteiger partial charge in [-0.2, -0.15) is 0 Å². The first-order valence-electron chi connectivity index (χ1n) is 7.52. The Kier molecular flexibility index (Phi) is 5.14. The van der Waals surface area contributed by atoms with Crippen molar-refractivity contribution in [2.24, 2.45) is 5.84 Å². The minimum Gasteiger partial charge on any atom is -0.350 e. The Balaban J connectivity index is 1.96. The molecule has 1 amide bonds. The van der Waals surface area contributed by atoms with Gasteiger partial charge in [-0.3, -0.25) is 9.69 Å². The number of carbonyl (C=O) groups excluding carboxylic acids is 1. The first-order valence-corrected chi connectivity index (χ1v) is 7.52. The number of nitrogens with two attached hydrogens (primary N) is 1. The van der Waals surface area contributed by atoms with Crippen LogP contribution in [0.25, 0.3) is 0 Å². The van der Waals surface area contributed by atoms with E-state index < -0.39 is 0 Å². The van der Waals surface area contributed by atoms with Crippen molar-refractivity contribution in [2.45, 2.75) is 45.2 Å². The molecule has 116 valence electrons. The van der Waals surface area contributed by atoms with Crippen LogP contribution in [0.3, 0.4) is 0 Å². The minimum absolute atomic E-state index is 0.0837. The molecule has 4 N–H and O–H groups in total. The summed E-state index contributed by atoms with van der Waals surface area (Å²) in [5.41, 5.74) is 3.94. The van der Waals surface area contributed by atoms with Crippen molar-refractivity contribution in [3.63, 3.8) is 0 Å². The summed E-state index contributed by atoms with van der Waals surface area (Å²) in [4.78, 5) is 18.9. The monoisotopic (exact) mass is 291 g/mol. The van der Waals surface area contributed by atoms with Crippen molar-refractivity contribution in [2.75, 3.05) is 19.0 Å². The number of amides is 1. The molecule has 1 atom stereocenters. The van der Waals surface area contributed by atoms with E-state index >= 15 is 0 Å². The van der Waals surface area contributed by atoms with E-state index in [2.05, 4.69) is 34.6 Å². The van der Waals surface area contributed by atoms with Gasteiger partial charge < -0.3 is 10.7 Å². The molecule has 1 aliphatic rings. The molecule has 1 fully saturated rings. The third-order valence-electron chi connectivity index (χ3n) is 4.03. The second kappa shape index (κ2) is 6.87. The van der Waals surface area contributed by atoms with Crippen LogP contribution in [0.4, 0.5) is 5.82 Å². The van der Waals surface area contributed by atoms with E-state index in [9.17, 15) is 4.79 Å². The smallest absolute Gasteiger partial charge is 0.251 e. The lowest BCUT2D eigenvalue weighted by Gasteiger charge is -2.24. The Hall–Kier alpha value is -1.66. The Labute approximate surface area is 126 Å². The van der Waals surface area contributed by atoms with Crippen LogP contribution in [-0.2, 0) is 6.42 Å². The number of likely N-dealkylation sites (N-methyl/N-ethyl adjacent to an activating group) is 1. The summed E-state index contributed by atoms with van der Waals surface area (Å²) in [6, 6.07) is 4.51. The van der Waals surface area contributed by atoms with E-state index in [1.165, 1.54) is 12.8 Å². The van der Waals surface area contributed by atoms with Crippen LogP contribution in [0.5, 0.6) is 0 Å². The Morgan fingerprint density at radius 2 is 2.24 bits per heavy atom. The zero-order valence-electron chi connectivity index (χ0n) is 13.0. The Morgan fingerprint density at radius 3 is 2.81 bits per heavy atom. The number of nitrogens with one attached hydrogen (secondary N) is 2. The molecule has 0 radical (unpaired) electrons. The van der Waals surface area contributed by atoms with Crippen molar-refractivity contribution in [3.8, 4) is 0 Å². The van der Waals surface area contributed by atoms with Gasteiger partial charge in [-0.05, 0) is 45.4 Å². The van der Waals surface area contributed by atoms with Gasteiger partial charge in [0, 0.05) is 29.9 Å². The SMILES string of the molecule is CCc1cc(C(=O)NCC(C)N(C)C2CC2)cc(NN)n1. The average molecular weight is 291 g/mol. The van der Waals surface area contributed by atoms with Crippen LogP contribution in [0.15, 0.2) is 12.1 Å². The lowest BCUT2D eigenvalue weighted by molar-refractivity contribution is 0.0939. The maximum Gasteiger partial charge on any atom is 0.251 e. The van der Waals surface area contributed by atoms with Gasteiger partial charge in [0.2, 0.25) is 0 Å². The van der Waals surface area contributed by atoms with Crippen molar-refractivity contribution < 1.29 is 4.79 Å². The van der Waals surface area contributed by atoms with Crippen molar-refractivity contribution in [3.05, 3.63) is 23.4 Å². The summed E-state index contributed by atoms with van der Waals surface area (Å²) in [7, 11) is 2.12. The normalized spacial score (nSPS) is 15.9. The van der Waals surface area contributed by atoms with Crippen LogP contribution >= 0.6 is 0 Å². The Bertz CT molecular complexity index is 479. The highest BCUT2D eigenvalue weighted by atomic mass is 16.1. The van der Waals surface area contributed by atoms with E-state index in [-0.39, 0.29) is 5.91 Å². The van der Waals surface area contributed by atoms with Gasteiger partial charge in [-0.15, -0.1) is 0 Å². The number of carbonyl (C=O) groups is 1. The van der Waals surface area contributed by atoms with Gasteiger partial charge in [-0.25, -0.2) is 10.8 Å². The highest BCUT2D eigenvalue weighted by Crippen LogP contribution is 2.26. The van der Waals surface area contributed by atoms with Gasteiger partial charge >= 0.3 is 0 Å². The first-order chi connectivity index (χ1) is 10.0. The lowest BCUT2D eigenvalue weighted by atomic mass is 10.1. The van der Waals surface area contributed by atoms with Crippen molar-refractivity contribution in [1.82, 2.24) is 15.2 Å². The molecule has 21 heavy (non-hydrogen) atoms. The number of pyridine rings is 1. The highest BCUT2D eigenvalue weighted by Gasteiger charge is 2.29. The summed E-state index contributed by atoms with van der Waals surface area (Å²) in [6.07, 6.45) is 3.30. The van der Waals surface area contributed by atoms with Crippen molar-refractivity contribution >= 4 is 11.7 Å². The summed E-state index contributed by atoms with van der Waals surface area (Å²) in [6.45, 7) is 4.77. The fourth-order valence-corrected chi connectivity index (χ4v) is 2.30. The molecule has 1 unspecified atom stereocenters. The number of rotatable bonds is 7. The zero-order chi connectivity index (χ0) is 15.4. The standard InChI is InChI=1S/C15H25N5O/c1-4-12-7-11(8-14(18-12)19-16)15(21)17-9-10(2)20(3)13-5-6-13/h7-8,10,13H,4-6,9,16H2,1-3H3,(H,17,21)(H,18,19). The quantitative estimate of drug-likeness (QED) is 0.518. The fourth-order valence-electron chi connectivity index (χ4n) is 2.30. The first kappa shape index (κ1) is 15.7. The van der Waals surface area contributed by atoms with Gasteiger partial charge in [0.15, 0.2) is 0 Å². The molecule has 2 rings (SSSR count). The number of anilines is 1. The largest absolute Gasteiger partial charge is 0.350 e. The lowest BCUT2D eigenvalue weighted by Crippen LogP contribution is -2.41. The minimum atomic E-state index is -0.0837. The number of aryl methyl sites for hydroxylation is 1. The summed E-state index contributed by atoms with van der Waals surface area (Å²) < 4.78 is 0. The predicted octanol–water partition coefficient (Wildman–Crippen LogP) is 1.14. The van der Waals surface area contributed by atoms with Crippen molar-refractivity contribution in [1.29, 1.82) is 0 Å². The topological polar surface area (TPSA) is 83.3 Å². The fraction of sp³-hybridized carbons (Fsp3) is 0.600. The second-order valence-electron chi connectivity index (χ2n) is 5.69. The van der Waals surface area contributed by atoms with Crippen LogP contribution in [0.1, 0.15) is 42.7 Å². The van der Waals surface area contributed by atoms with Gasteiger partial charge in [-0.1, -0.05) is 6.92 Å². The molecule has 0 spiro atoms. The molecule has 1 aliphatic carbocycles. The van der Waals surface area contributed by atoms with E-state index in [1.807, 2.05) is 13.0 Å². The maximum absolute atomic E-state index is 12.3. The zero-order valence-corrected chi connectivity index (χ0v) is 13.0. The van der Waals surface area contributed by atoms with Gasteiger partial charge in [0.05, 0.1) is 0 Å². The van der Waals surface area contributed by atoms with Gasteiger partial charge in [0.1, 0.15) is 5.82 Å². The maximum atomic E-state index is 12.3. The van der Waals surface area contributed by atoms with E-state index in [1.54, 1.807) is 6.07 Å². The molecule has 6 heteroatoms. The highest BCUT2D eigenvalue weighted by molar-refractivity contribution is 5.95. The molecule has 1 heterocycles. The number of aromatic nitrogens is 1. The number of nitrogens with zero attached hydrogens (tertiary/aromatic N) is 2. The molecule has 1 aromatic rings. The van der Waals surface area contributed by atoms with E-state index in [4.69, 9.17) is 5.84 Å². The van der Waals surface area contributed by atoms with Crippen LogP contribution in [0.2, 0.25) is 0 Å².